The highest BCUT2D eigenvalue weighted by Gasteiger charge is 2.24. The van der Waals surface area contributed by atoms with E-state index in [9.17, 15) is 14.4 Å². The smallest absolute Gasteiger partial charge is 0.261 e. The average Bonchev–Trinajstić information content (AvgIpc) is 2.81. The van der Waals surface area contributed by atoms with Crippen molar-refractivity contribution in [3.05, 3.63) is 64.0 Å². The summed E-state index contributed by atoms with van der Waals surface area (Å²) in [5.74, 6) is 0.807. The quantitative estimate of drug-likeness (QED) is 0.532. The van der Waals surface area contributed by atoms with Gasteiger partial charge in [0.25, 0.3) is 5.56 Å². The van der Waals surface area contributed by atoms with Crippen molar-refractivity contribution in [3.8, 4) is 17.2 Å². The van der Waals surface area contributed by atoms with E-state index >= 15 is 0 Å². The van der Waals surface area contributed by atoms with Crippen molar-refractivity contribution in [3.63, 3.8) is 0 Å². The summed E-state index contributed by atoms with van der Waals surface area (Å²) in [5, 5.41) is 9.73. The molecule has 1 fully saturated rings. The Morgan fingerprint density at radius 2 is 1.88 bits per heavy atom. The summed E-state index contributed by atoms with van der Waals surface area (Å²) in [6.07, 6.45) is 2.25. The predicted octanol–water partition coefficient (Wildman–Crippen LogP) is 5.32. The van der Waals surface area contributed by atoms with Crippen molar-refractivity contribution in [1.29, 1.82) is 5.26 Å². The van der Waals surface area contributed by atoms with Gasteiger partial charge in [0.05, 0.1) is 16.5 Å². The van der Waals surface area contributed by atoms with Gasteiger partial charge in [-0.3, -0.25) is 9.36 Å². The van der Waals surface area contributed by atoms with Gasteiger partial charge >= 0.3 is 0 Å². The van der Waals surface area contributed by atoms with Crippen molar-refractivity contribution < 1.29 is 4.39 Å². The number of rotatable bonds is 5. The maximum absolute atomic E-state index is 13.8. The molecule has 2 aromatic carbocycles. The van der Waals surface area contributed by atoms with Crippen molar-refractivity contribution in [1.82, 2.24) is 14.5 Å². The fraction of sp³-hybridized carbons (Fsp3) is 0.444. The summed E-state index contributed by atoms with van der Waals surface area (Å²) in [4.78, 5) is 21.1. The van der Waals surface area contributed by atoms with Crippen molar-refractivity contribution >= 4 is 10.9 Å². The maximum atomic E-state index is 13.8. The topological polar surface area (TPSA) is 61.9 Å². The Hall–Kier alpha value is -3.04. The Balaban J connectivity index is 1.78. The number of fused-ring (bicyclic) bond motifs is 1. The van der Waals surface area contributed by atoms with Crippen molar-refractivity contribution in [2.24, 2.45) is 5.92 Å². The second kappa shape index (κ2) is 9.44. The number of piperidine rings is 1. The molecule has 1 atom stereocenters. The van der Waals surface area contributed by atoms with Crippen LogP contribution in [0.1, 0.15) is 57.8 Å². The minimum Gasteiger partial charge on any atom is -0.301 e. The molecule has 5 nitrogen and oxygen atoms in total. The molecule has 0 bridgehead atoms. The molecular weight excluding hydrogens is 415 g/mol. The third kappa shape index (κ3) is 4.69. The summed E-state index contributed by atoms with van der Waals surface area (Å²) in [7, 11) is 0. The van der Waals surface area contributed by atoms with E-state index in [1.165, 1.54) is 12.1 Å². The van der Waals surface area contributed by atoms with E-state index in [0.29, 0.717) is 35.0 Å². The first-order valence-electron chi connectivity index (χ1n) is 11.8. The average molecular weight is 447 g/mol. The molecule has 0 amide bonds. The Labute approximate surface area is 194 Å². The molecule has 6 heteroatoms. The molecule has 1 saturated heterocycles. The van der Waals surface area contributed by atoms with Crippen LogP contribution in [0.15, 0.2) is 41.2 Å². The highest BCUT2D eigenvalue weighted by Crippen LogP contribution is 2.26. The number of nitrogens with zero attached hydrogens (tertiary/aromatic N) is 4. The van der Waals surface area contributed by atoms with Gasteiger partial charge in [-0.05, 0) is 74.5 Å². The van der Waals surface area contributed by atoms with E-state index < -0.39 is 5.82 Å². The molecule has 0 aliphatic carbocycles. The zero-order chi connectivity index (χ0) is 23.7. The second-order valence-corrected chi connectivity index (χ2v) is 9.68. The van der Waals surface area contributed by atoms with Crippen LogP contribution in [-0.2, 0) is 6.54 Å². The lowest BCUT2D eigenvalue weighted by Gasteiger charge is -2.36. The fourth-order valence-corrected chi connectivity index (χ4v) is 4.80. The minimum atomic E-state index is -0.546. The van der Waals surface area contributed by atoms with E-state index in [2.05, 4.69) is 32.6 Å². The molecule has 0 N–H and O–H groups in total. The number of aromatic nitrogens is 2. The van der Waals surface area contributed by atoms with Crippen LogP contribution in [0.5, 0.6) is 0 Å². The predicted molar refractivity (Wildman–Crippen MR) is 130 cm³/mol. The molecule has 172 valence electrons. The van der Waals surface area contributed by atoms with Crippen LogP contribution in [0.2, 0.25) is 0 Å². The SMILES string of the molecule is CC(C)c1nc2ccc(-c3ccc(F)c(C#N)c3)cc2c(=O)n1C[C@H]1CCCN(C(C)C)C1. The fourth-order valence-electron chi connectivity index (χ4n) is 4.80. The van der Waals surface area contributed by atoms with Gasteiger partial charge in [-0.1, -0.05) is 26.0 Å². The van der Waals surface area contributed by atoms with Crippen LogP contribution < -0.4 is 5.56 Å². The van der Waals surface area contributed by atoms with Crippen LogP contribution in [0.4, 0.5) is 4.39 Å². The Kier molecular flexibility index (Phi) is 6.62. The van der Waals surface area contributed by atoms with Gasteiger partial charge in [-0.2, -0.15) is 5.26 Å². The Bertz CT molecular complexity index is 1270. The summed E-state index contributed by atoms with van der Waals surface area (Å²) in [5.41, 5.74) is 2.10. The summed E-state index contributed by atoms with van der Waals surface area (Å²) in [6.45, 7) is 11.4. The molecule has 1 aliphatic rings. The third-order valence-corrected chi connectivity index (χ3v) is 6.64. The molecule has 33 heavy (non-hydrogen) atoms. The first-order chi connectivity index (χ1) is 15.8. The summed E-state index contributed by atoms with van der Waals surface area (Å²) in [6, 6.07) is 12.4. The van der Waals surface area contributed by atoms with E-state index in [1.807, 2.05) is 28.8 Å². The van der Waals surface area contributed by atoms with Crippen LogP contribution in [0.25, 0.3) is 22.0 Å². The molecule has 0 spiro atoms. The molecule has 0 radical (unpaired) electrons. The van der Waals surface area contributed by atoms with Crippen LogP contribution >= 0.6 is 0 Å². The molecule has 1 aromatic heterocycles. The van der Waals surface area contributed by atoms with Gasteiger partial charge in [-0.15, -0.1) is 0 Å². The number of nitriles is 1. The minimum absolute atomic E-state index is 0.00899. The zero-order valence-electron chi connectivity index (χ0n) is 19.8. The molecule has 0 unspecified atom stereocenters. The van der Waals surface area contributed by atoms with E-state index in [4.69, 9.17) is 4.98 Å². The third-order valence-electron chi connectivity index (χ3n) is 6.64. The second-order valence-electron chi connectivity index (χ2n) is 9.68. The van der Waals surface area contributed by atoms with Gasteiger partial charge in [0.1, 0.15) is 17.7 Å². The van der Waals surface area contributed by atoms with Gasteiger partial charge in [0.15, 0.2) is 0 Å². The van der Waals surface area contributed by atoms with Crippen molar-refractivity contribution in [2.45, 2.75) is 59.0 Å². The monoisotopic (exact) mass is 446 g/mol. The normalized spacial score (nSPS) is 17.1. The van der Waals surface area contributed by atoms with E-state index in [-0.39, 0.29) is 17.0 Å². The number of hydrogen-bond donors (Lipinski definition) is 0. The number of likely N-dealkylation sites (tertiary alicyclic amines) is 1. The molecule has 4 rings (SSSR count). The largest absolute Gasteiger partial charge is 0.301 e. The zero-order valence-corrected chi connectivity index (χ0v) is 19.8. The molecule has 2 heterocycles. The number of halogens is 1. The first kappa shape index (κ1) is 23.1. The summed E-state index contributed by atoms with van der Waals surface area (Å²) >= 11 is 0. The lowest BCUT2D eigenvalue weighted by Crippen LogP contribution is -2.42. The lowest BCUT2D eigenvalue weighted by atomic mass is 9.96. The van der Waals surface area contributed by atoms with Gasteiger partial charge in [0.2, 0.25) is 0 Å². The van der Waals surface area contributed by atoms with Gasteiger partial charge in [-0.25, -0.2) is 9.37 Å². The Morgan fingerprint density at radius 1 is 1.15 bits per heavy atom. The molecule has 3 aromatic rings. The molecular formula is C27H31FN4O. The number of hydrogen-bond acceptors (Lipinski definition) is 4. The highest BCUT2D eigenvalue weighted by molar-refractivity contribution is 5.84. The standard InChI is InChI=1S/C27H31FN4O/c1-17(2)26-30-25-10-8-21(20-7-9-24(28)22(12-20)14-29)13-23(25)27(33)32(26)16-19-6-5-11-31(15-19)18(3)4/h7-10,12-13,17-19H,5-6,11,15-16H2,1-4H3/t19-/m0/s1. The molecule has 0 saturated carbocycles. The van der Waals surface area contributed by atoms with Gasteiger partial charge in [0, 0.05) is 25.0 Å². The summed E-state index contributed by atoms with van der Waals surface area (Å²) < 4.78 is 15.7. The highest BCUT2D eigenvalue weighted by atomic mass is 19.1. The van der Waals surface area contributed by atoms with Gasteiger partial charge < -0.3 is 4.90 Å². The van der Waals surface area contributed by atoms with E-state index in [1.54, 1.807) is 6.07 Å². The van der Waals surface area contributed by atoms with Crippen LogP contribution in [-0.4, -0.2) is 33.6 Å². The van der Waals surface area contributed by atoms with Crippen molar-refractivity contribution in [2.75, 3.05) is 13.1 Å². The van der Waals surface area contributed by atoms with Crippen LogP contribution in [0, 0.1) is 23.1 Å². The Morgan fingerprint density at radius 3 is 2.58 bits per heavy atom. The maximum Gasteiger partial charge on any atom is 0.261 e. The molecule has 1 aliphatic heterocycles. The van der Waals surface area contributed by atoms with Crippen LogP contribution in [0.3, 0.4) is 0 Å². The first-order valence-corrected chi connectivity index (χ1v) is 11.8. The number of benzene rings is 2. The van der Waals surface area contributed by atoms with E-state index in [0.717, 1.165) is 37.3 Å². The lowest BCUT2D eigenvalue weighted by molar-refractivity contribution is 0.129.